The number of rotatable bonds is 8. The van der Waals surface area contributed by atoms with Crippen LogP contribution in [0.15, 0.2) is 229 Å². The summed E-state index contributed by atoms with van der Waals surface area (Å²) in [6.45, 7) is 0. The lowest BCUT2D eigenvalue weighted by atomic mass is 9.91. The molecule has 11 rings (SSSR count). The van der Waals surface area contributed by atoms with Gasteiger partial charge in [-0.05, 0) is 70.3 Å². The molecule has 0 radical (unpaired) electrons. The molecule has 0 aliphatic rings. The van der Waals surface area contributed by atoms with Crippen molar-refractivity contribution >= 4 is 21.9 Å². The summed E-state index contributed by atoms with van der Waals surface area (Å²) in [7, 11) is 0. The molecule has 0 spiro atoms. The van der Waals surface area contributed by atoms with Crippen molar-refractivity contribution < 1.29 is 4.42 Å². The smallest absolute Gasteiger partial charge is 0.160 e. The summed E-state index contributed by atoms with van der Waals surface area (Å²) in [5.74, 6) is 1.44. The van der Waals surface area contributed by atoms with E-state index in [0.717, 1.165) is 106 Å². The van der Waals surface area contributed by atoms with Gasteiger partial charge in [0.05, 0.1) is 28.0 Å². The Morgan fingerprint density at radius 2 is 0.770 bits per heavy atom. The van der Waals surface area contributed by atoms with Gasteiger partial charge in [-0.3, -0.25) is 0 Å². The van der Waals surface area contributed by atoms with Crippen LogP contribution in [0.25, 0.3) is 112 Å². The highest BCUT2D eigenvalue weighted by Crippen LogP contribution is 2.48. The molecule has 0 amide bonds. The maximum atomic E-state index is 7.33. The maximum absolute atomic E-state index is 7.33. The number of benzene rings is 8. The van der Waals surface area contributed by atoms with E-state index in [1.54, 1.807) is 0 Å². The van der Waals surface area contributed by atoms with Crippen molar-refractivity contribution in [3.8, 4) is 89.9 Å². The van der Waals surface area contributed by atoms with E-state index in [9.17, 15) is 0 Å². The number of nitrogens with zero attached hydrogens (tertiary/aromatic N) is 3. The minimum absolute atomic E-state index is 0.671. The Labute approximate surface area is 354 Å². The van der Waals surface area contributed by atoms with Crippen molar-refractivity contribution in [3.05, 3.63) is 224 Å². The summed E-state index contributed by atoms with van der Waals surface area (Å²) >= 11 is 0. The molecule has 0 saturated carbocycles. The lowest BCUT2D eigenvalue weighted by Crippen LogP contribution is -1.96. The summed E-state index contributed by atoms with van der Waals surface area (Å²) in [4.78, 5) is 15.7. The molecule has 0 atom stereocenters. The molecule has 4 nitrogen and oxygen atoms in total. The van der Waals surface area contributed by atoms with Gasteiger partial charge in [0.25, 0.3) is 0 Å². The molecule has 0 saturated heterocycles. The molecule has 61 heavy (non-hydrogen) atoms. The minimum Gasteiger partial charge on any atom is -0.455 e. The van der Waals surface area contributed by atoms with E-state index in [4.69, 9.17) is 19.4 Å². The van der Waals surface area contributed by atoms with E-state index in [0.29, 0.717) is 5.82 Å². The molecule has 0 fully saturated rings. The highest BCUT2D eigenvalue weighted by Gasteiger charge is 2.26. The zero-order valence-electron chi connectivity index (χ0n) is 33.1. The van der Waals surface area contributed by atoms with Gasteiger partial charge in [0.2, 0.25) is 0 Å². The second kappa shape index (κ2) is 15.5. The predicted octanol–water partition coefficient (Wildman–Crippen LogP) is 15.1. The Hall–Kier alpha value is -8.21. The number of furan rings is 1. The van der Waals surface area contributed by atoms with Gasteiger partial charge in [0, 0.05) is 38.8 Å². The zero-order valence-corrected chi connectivity index (χ0v) is 33.1. The van der Waals surface area contributed by atoms with Gasteiger partial charge in [-0.1, -0.05) is 182 Å². The fourth-order valence-electron chi connectivity index (χ4n) is 8.33. The molecule has 3 aromatic heterocycles. The Kier molecular flexibility index (Phi) is 9.14. The van der Waals surface area contributed by atoms with Gasteiger partial charge in [0.1, 0.15) is 11.3 Å². The van der Waals surface area contributed by atoms with Gasteiger partial charge >= 0.3 is 0 Å². The van der Waals surface area contributed by atoms with Crippen LogP contribution in [0, 0.1) is 0 Å². The van der Waals surface area contributed by atoms with Gasteiger partial charge in [0.15, 0.2) is 5.82 Å². The largest absolute Gasteiger partial charge is 0.455 e. The number of aromatic nitrogens is 3. The second-order valence-corrected chi connectivity index (χ2v) is 15.2. The van der Waals surface area contributed by atoms with E-state index >= 15 is 0 Å². The highest BCUT2D eigenvalue weighted by atomic mass is 16.3. The third-order valence-corrected chi connectivity index (χ3v) is 11.3. The van der Waals surface area contributed by atoms with Crippen molar-refractivity contribution in [2.45, 2.75) is 0 Å². The van der Waals surface area contributed by atoms with Crippen LogP contribution in [0.1, 0.15) is 0 Å². The Bertz CT molecular complexity index is 3210. The summed E-state index contributed by atoms with van der Waals surface area (Å²) in [6.07, 6.45) is 0. The van der Waals surface area contributed by atoms with Crippen LogP contribution in [0.5, 0.6) is 0 Å². The van der Waals surface area contributed by atoms with Gasteiger partial charge in [-0.15, -0.1) is 0 Å². The first-order valence-corrected chi connectivity index (χ1v) is 20.5. The number of pyridine rings is 1. The molecular weight excluding hydrogens is 743 g/mol. The van der Waals surface area contributed by atoms with Crippen LogP contribution in [0.3, 0.4) is 0 Å². The fraction of sp³-hybridized carbons (Fsp3) is 0. The van der Waals surface area contributed by atoms with Crippen molar-refractivity contribution in [1.29, 1.82) is 0 Å². The first-order valence-electron chi connectivity index (χ1n) is 20.5. The third-order valence-electron chi connectivity index (χ3n) is 11.3. The zero-order chi connectivity index (χ0) is 40.5. The molecule has 0 aliphatic heterocycles. The normalized spacial score (nSPS) is 11.3. The predicted molar refractivity (Wildman–Crippen MR) is 251 cm³/mol. The monoisotopic (exact) mass is 779 g/mol. The molecule has 11 aromatic rings. The van der Waals surface area contributed by atoms with Crippen molar-refractivity contribution in [1.82, 2.24) is 15.0 Å². The Balaban J connectivity index is 1.21. The quantitative estimate of drug-likeness (QED) is 0.154. The van der Waals surface area contributed by atoms with Crippen molar-refractivity contribution in [3.63, 3.8) is 0 Å². The first-order chi connectivity index (χ1) is 30.2. The van der Waals surface area contributed by atoms with Gasteiger partial charge in [-0.2, -0.15) is 0 Å². The average molecular weight is 780 g/mol. The number of fused-ring (bicyclic) bond motifs is 3. The average Bonchev–Trinajstić information content (AvgIpc) is 3.76. The second-order valence-electron chi connectivity index (χ2n) is 15.2. The lowest BCUT2D eigenvalue weighted by molar-refractivity contribution is 0.636. The molecule has 0 unspecified atom stereocenters. The van der Waals surface area contributed by atoms with Crippen LogP contribution in [-0.2, 0) is 0 Å². The summed E-state index contributed by atoms with van der Waals surface area (Å²) in [5.41, 5.74) is 15.6. The third kappa shape index (κ3) is 6.86. The van der Waals surface area contributed by atoms with Crippen LogP contribution >= 0.6 is 0 Å². The Morgan fingerprint density at radius 3 is 1.39 bits per heavy atom. The summed E-state index contributed by atoms with van der Waals surface area (Å²) in [5, 5.41) is 1.92. The molecular formula is C57H37N3O. The van der Waals surface area contributed by atoms with Crippen molar-refractivity contribution in [2.75, 3.05) is 0 Å². The van der Waals surface area contributed by atoms with Crippen LogP contribution in [-0.4, -0.2) is 15.0 Å². The summed E-state index contributed by atoms with van der Waals surface area (Å²) in [6, 6.07) is 77.9. The van der Waals surface area contributed by atoms with Gasteiger partial charge < -0.3 is 4.42 Å². The standard InChI is InChI=1S/C57H37N3O/c1-6-19-38(20-7-1)45-34-46(39-21-8-2-9-22-39)36-47(35-45)55-52(53-54(41-25-12-4-13-26-41)58-49-32-17-16-31-48(49)56(53)61-55)44-30-18-29-43(33-44)51-37-50(40-23-10-3-11-24-40)59-57(60-51)42-27-14-5-15-28-42/h1-37H. The first kappa shape index (κ1) is 35.9. The molecule has 4 heteroatoms. The Morgan fingerprint density at radius 1 is 0.311 bits per heavy atom. The van der Waals surface area contributed by atoms with E-state index in [1.165, 1.54) is 0 Å². The van der Waals surface area contributed by atoms with Crippen LogP contribution in [0.4, 0.5) is 0 Å². The van der Waals surface area contributed by atoms with Crippen LogP contribution < -0.4 is 0 Å². The number of hydrogen-bond acceptors (Lipinski definition) is 4. The fourth-order valence-corrected chi connectivity index (χ4v) is 8.33. The van der Waals surface area contributed by atoms with E-state index in [2.05, 4.69) is 176 Å². The molecule has 286 valence electrons. The van der Waals surface area contributed by atoms with E-state index in [1.807, 2.05) is 48.5 Å². The molecule has 8 aromatic carbocycles. The molecule has 0 N–H and O–H groups in total. The van der Waals surface area contributed by atoms with Crippen molar-refractivity contribution in [2.24, 2.45) is 0 Å². The number of hydrogen-bond donors (Lipinski definition) is 0. The lowest BCUT2D eigenvalue weighted by Gasteiger charge is -2.13. The van der Waals surface area contributed by atoms with Crippen LogP contribution in [0.2, 0.25) is 0 Å². The maximum Gasteiger partial charge on any atom is 0.160 e. The molecule has 0 aliphatic carbocycles. The SMILES string of the molecule is c1ccc(-c2cc(-c3ccccc3)cc(-c3oc4c(c(-c5ccccc5)nc5ccccc54)c3-c3cccc(-c4cc(-c5ccccc5)nc(-c5ccccc5)n4)c3)c2)cc1. The van der Waals surface area contributed by atoms with E-state index < -0.39 is 0 Å². The molecule has 3 heterocycles. The number of para-hydroxylation sites is 1. The summed E-state index contributed by atoms with van der Waals surface area (Å²) < 4.78 is 7.33. The molecule has 0 bridgehead atoms. The minimum atomic E-state index is 0.671. The topological polar surface area (TPSA) is 51.8 Å². The van der Waals surface area contributed by atoms with Gasteiger partial charge in [-0.25, -0.2) is 15.0 Å². The highest BCUT2D eigenvalue weighted by molar-refractivity contribution is 6.17. The van der Waals surface area contributed by atoms with E-state index in [-0.39, 0.29) is 0 Å².